The number of carboxylic acid groups (broad SMARTS) is 5. The number of carbonyl (C=O) groups is 5. The van der Waals surface area contributed by atoms with Gasteiger partial charge in [0.2, 0.25) is 0 Å². The summed E-state index contributed by atoms with van der Waals surface area (Å²) in [6, 6.07) is 0. The molecule has 0 fully saturated rings. The lowest BCUT2D eigenvalue weighted by atomic mass is 10.6. The van der Waals surface area contributed by atoms with Crippen LogP contribution in [0.25, 0.3) is 0 Å². The average molecular weight is 430 g/mol. The molecule has 0 atom stereocenters. The molecule has 14 heteroatoms. The molecule has 13 nitrogen and oxygen atoms in total. The Balaban J connectivity index is -0.0000000382. The second kappa shape index (κ2) is 44.4. The molecule has 0 saturated heterocycles. The first kappa shape index (κ1) is 45.0. The first-order valence-electron chi connectivity index (χ1n) is 7.16. The number of nitrogens with one attached hydrogen (secondary N) is 1. The van der Waals surface area contributed by atoms with E-state index in [1.165, 1.54) is 0 Å². The van der Waals surface area contributed by atoms with Crippen molar-refractivity contribution in [2.45, 2.75) is 34.6 Å². The van der Waals surface area contributed by atoms with Gasteiger partial charge in [0.05, 0.1) is 0 Å². The smallest absolute Gasteiger partial charge is 0.316 e. The maximum atomic E-state index is 9.00. The lowest BCUT2D eigenvalue weighted by Crippen LogP contribution is -2.27. The Morgan fingerprint density at radius 2 is 0.679 bits per heavy atom. The van der Waals surface area contributed by atoms with Gasteiger partial charge in [-0.1, -0.05) is 0 Å². The summed E-state index contributed by atoms with van der Waals surface area (Å²) in [7, 11) is 0. The fraction of sp³-hybridized carbons (Fsp3) is 0.643. The standard InChI is InChI=1S/C4H13N3.5C2H4O2.Mg.2H/c5-1-3-7-4-2-6;5*1-2(3)4;;;/h7H,1-6H2;5*1H3,(H,3,4);;;. The molecule has 0 rings (SSSR count). The molecule has 0 aliphatic carbocycles. The van der Waals surface area contributed by atoms with Gasteiger partial charge in [-0.3, -0.25) is 24.0 Å². The van der Waals surface area contributed by atoms with Crippen LogP contribution in [0.1, 0.15) is 34.6 Å². The number of hydrogen-bond donors (Lipinski definition) is 8. The van der Waals surface area contributed by atoms with Gasteiger partial charge in [-0.25, -0.2) is 0 Å². The predicted molar refractivity (Wildman–Crippen MR) is 106 cm³/mol. The van der Waals surface area contributed by atoms with Gasteiger partial charge < -0.3 is 42.3 Å². The van der Waals surface area contributed by atoms with E-state index in [0.29, 0.717) is 13.1 Å². The fourth-order valence-electron chi connectivity index (χ4n) is 0.329. The molecule has 0 aromatic rings. The van der Waals surface area contributed by atoms with Crippen LogP contribution in [0.4, 0.5) is 0 Å². The quantitative estimate of drug-likeness (QED) is 0.178. The van der Waals surface area contributed by atoms with Gasteiger partial charge in [0.25, 0.3) is 29.8 Å². The maximum Gasteiger partial charge on any atom is 0.316 e. The average Bonchev–Trinajstić information content (AvgIpc) is 2.35. The SMILES string of the molecule is CC(=O)O.CC(=O)O.CC(=O)O.CC(=O)O.CC(=O)O.NCCNCCN.[MgH2]. The first-order chi connectivity index (χ1) is 12.1. The number of aliphatic carboxylic acids is 5. The predicted octanol–water partition coefficient (Wildman–Crippen LogP) is -1.97. The normalized spacial score (nSPS) is 6.82. The highest BCUT2D eigenvalue weighted by Crippen LogP contribution is 1.49. The molecule has 0 spiro atoms. The molecule has 0 heterocycles. The highest BCUT2D eigenvalue weighted by Gasteiger charge is 1.76. The molecule has 0 aromatic carbocycles. The van der Waals surface area contributed by atoms with Crippen LogP contribution in [0.2, 0.25) is 0 Å². The van der Waals surface area contributed by atoms with Crippen LogP contribution in [0.15, 0.2) is 0 Å². The maximum absolute atomic E-state index is 9.00. The van der Waals surface area contributed by atoms with E-state index < -0.39 is 29.8 Å². The molecule has 28 heavy (non-hydrogen) atoms. The molecule has 0 aliphatic rings. The summed E-state index contributed by atoms with van der Waals surface area (Å²) < 4.78 is 0. The Morgan fingerprint density at radius 1 is 0.571 bits per heavy atom. The highest BCUT2D eigenvalue weighted by atomic mass is 24.3. The van der Waals surface area contributed by atoms with Crippen molar-refractivity contribution in [3.05, 3.63) is 0 Å². The number of hydrogen-bond acceptors (Lipinski definition) is 8. The monoisotopic (exact) mass is 429 g/mol. The second-order valence-corrected chi connectivity index (χ2v) is 3.92. The van der Waals surface area contributed by atoms with E-state index in [0.717, 1.165) is 47.7 Å². The summed E-state index contributed by atoms with van der Waals surface area (Å²) in [5, 5.41) is 40.1. The van der Waals surface area contributed by atoms with Crippen LogP contribution in [0.5, 0.6) is 0 Å². The van der Waals surface area contributed by atoms with Crippen molar-refractivity contribution in [3.8, 4) is 0 Å². The number of carboxylic acids is 5. The minimum atomic E-state index is -0.833. The van der Waals surface area contributed by atoms with Crippen molar-refractivity contribution in [1.82, 2.24) is 5.32 Å². The van der Waals surface area contributed by atoms with Crippen LogP contribution in [0.3, 0.4) is 0 Å². The summed E-state index contributed by atoms with van der Waals surface area (Å²) in [5.74, 6) is -4.17. The Bertz CT molecular complexity index is 289. The molecule has 168 valence electrons. The third kappa shape index (κ3) is 3180. The molecule has 0 aromatic heterocycles. The van der Waals surface area contributed by atoms with Crippen LogP contribution >= 0.6 is 0 Å². The summed E-state index contributed by atoms with van der Waals surface area (Å²) in [5.41, 5.74) is 10.3. The Morgan fingerprint density at radius 3 is 0.750 bits per heavy atom. The van der Waals surface area contributed by atoms with Gasteiger partial charge in [-0.2, -0.15) is 0 Å². The molecule has 0 bridgehead atoms. The van der Waals surface area contributed by atoms with Crippen LogP contribution in [-0.2, 0) is 24.0 Å². The highest BCUT2D eigenvalue weighted by molar-refractivity contribution is 5.75. The molecular weight excluding hydrogens is 394 g/mol. The van der Waals surface area contributed by atoms with Crippen molar-refractivity contribution in [2.24, 2.45) is 11.5 Å². The van der Waals surface area contributed by atoms with Crippen molar-refractivity contribution < 1.29 is 49.5 Å². The van der Waals surface area contributed by atoms with E-state index in [1.807, 2.05) is 0 Å². The van der Waals surface area contributed by atoms with Crippen molar-refractivity contribution in [3.63, 3.8) is 0 Å². The number of nitrogens with two attached hydrogens (primary N) is 2. The van der Waals surface area contributed by atoms with E-state index in [-0.39, 0.29) is 23.1 Å². The zero-order valence-electron chi connectivity index (χ0n) is 16.3. The molecule has 0 saturated carbocycles. The van der Waals surface area contributed by atoms with E-state index >= 15 is 0 Å². The van der Waals surface area contributed by atoms with Crippen molar-refractivity contribution in [2.75, 3.05) is 26.2 Å². The van der Waals surface area contributed by atoms with E-state index in [2.05, 4.69) is 5.32 Å². The van der Waals surface area contributed by atoms with E-state index in [1.54, 1.807) is 0 Å². The summed E-state index contributed by atoms with van der Waals surface area (Å²) in [6.07, 6.45) is 0. The lowest BCUT2D eigenvalue weighted by Gasteiger charge is -1.95. The molecular formula is C14H35MgN3O10. The van der Waals surface area contributed by atoms with Gasteiger partial charge in [-0.15, -0.1) is 0 Å². The Labute approximate surface area is 180 Å². The van der Waals surface area contributed by atoms with Gasteiger partial charge >= 0.3 is 23.1 Å². The summed E-state index contributed by atoms with van der Waals surface area (Å²) in [6.45, 7) is 8.55. The third-order valence-corrected chi connectivity index (χ3v) is 0.642. The first-order valence-corrected chi connectivity index (χ1v) is 7.16. The Hall–Kier alpha value is -2.00. The van der Waals surface area contributed by atoms with Crippen LogP contribution in [0, 0.1) is 0 Å². The summed E-state index contributed by atoms with van der Waals surface area (Å²) in [4.78, 5) is 45.0. The van der Waals surface area contributed by atoms with Gasteiger partial charge in [0, 0.05) is 60.8 Å². The summed E-state index contributed by atoms with van der Waals surface area (Å²) >= 11 is 0. The zero-order valence-corrected chi connectivity index (χ0v) is 16.3. The molecule has 0 radical (unpaired) electrons. The molecule has 0 aliphatic heterocycles. The van der Waals surface area contributed by atoms with Gasteiger partial charge in [0.1, 0.15) is 0 Å². The van der Waals surface area contributed by atoms with Gasteiger partial charge in [0.15, 0.2) is 0 Å². The van der Waals surface area contributed by atoms with E-state index in [9.17, 15) is 0 Å². The molecule has 0 amide bonds. The zero-order chi connectivity index (χ0) is 23.4. The second-order valence-electron chi connectivity index (χ2n) is 3.92. The van der Waals surface area contributed by atoms with E-state index in [4.69, 9.17) is 61.0 Å². The Kier molecular flexibility index (Phi) is 71.4. The van der Waals surface area contributed by atoms with Crippen molar-refractivity contribution >= 4 is 52.9 Å². The third-order valence-electron chi connectivity index (χ3n) is 0.642. The molecule has 10 N–H and O–H groups in total. The minimum absolute atomic E-state index is 0. The van der Waals surface area contributed by atoms with Crippen molar-refractivity contribution in [1.29, 1.82) is 0 Å². The fourth-order valence-corrected chi connectivity index (χ4v) is 0.329. The topological polar surface area (TPSA) is 251 Å². The largest absolute Gasteiger partial charge is 0.481 e. The van der Waals surface area contributed by atoms with Gasteiger partial charge in [-0.05, 0) is 0 Å². The number of rotatable bonds is 4. The van der Waals surface area contributed by atoms with Crippen LogP contribution in [-0.4, -0.2) is 105 Å². The minimum Gasteiger partial charge on any atom is -0.481 e. The van der Waals surface area contributed by atoms with Crippen LogP contribution < -0.4 is 16.8 Å². The lowest BCUT2D eigenvalue weighted by molar-refractivity contribution is -0.135. The molecule has 0 unspecified atom stereocenters.